The third-order valence-electron chi connectivity index (χ3n) is 2.82. The molecule has 1 aliphatic rings. The minimum absolute atomic E-state index is 0.101. The maximum absolute atomic E-state index is 8.98. The highest BCUT2D eigenvalue weighted by molar-refractivity contribution is 5.23. The second kappa shape index (κ2) is 3.34. The summed E-state index contributed by atoms with van der Waals surface area (Å²) in [4.78, 5) is 0. The Bertz CT molecular complexity index is 222. The molecule has 0 amide bonds. The standard InChI is InChI=1S/C10H16O2/c1-10(2)8(4-5-12-3)6-9(10)7-11/h5,9,11H,6-7H2,1-3H3. The highest BCUT2D eigenvalue weighted by Crippen LogP contribution is 2.49. The van der Waals surface area contributed by atoms with Crippen molar-refractivity contribution in [1.82, 2.24) is 0 Å². The molecule has 12 heavy (non-hydrogen) atoms. The maximum atomic E-state index is 8.98. The predicted octanol–water partition coefficient (Wildman–Crippen LogP) is 1.71. The number of allylic oxidation sites excluding steroid dienone is 1. The molecule has 1 rings (SSSR count). The Morgan fingerprint density at radius 1 is 1.75 bits per heavy atom. The zero-order valence-electron chi connectivity index (χ0n) is 7.92. The third kappa shape index (κ3) is 1.40. The summed E-state index contributed by atoms with van der Waals surface area (Å²) >= 11 is 0. The summed E-state index contributed by atoms with van der Waals surface area (Å²) in [7, 11) is 1.61. The van der Waals surface area contributed by atoms with Crippen molar-refractivity contribution in [1.29, 1.82) is 0 Å². The molecule has 0 saturated heterocycles. The highest BCUT2D eigenvalue weighted by Gasteiger charge is 2.42. The zero-order valence-corrected chi connectivity index (χ0v) is 7.92. The molecule has 0 radical (unpaired) electrons. The van der Waals surface area contributed by atoms with Crippen molar-refractivity contribution >= 4 is 0 Å². The Morgan fingerprint density at radius 3 is 2.83 bits per heavy atom. The van der Waals surface area contributed by atoms with Crippen molar-refractivity contribution in [3.63, 3.8) is 0 Å². The molecule has 0 aromatic carbocycles. The topological polar surface area (TPSA) is 29.5 Å². The summed E-state index contributed by atoms with van der Waals surface area (Å²) in [5, 5.41) is 8.98. The molecule has 0 bridgehead atoms. The summed E-state index contributed by atoms with van der Waals surface area (Å²) in [6, 6.07) is 0. The molecule has 0 aromatic rings. The quantitative estimate of drug-likeness (QED) is 0.502. The van der Waals surface area contributed by atoms with E-state index < -0.39 is 0 Å². The van der Waals surface area contributed by atoms with Gasteiger partial charge < -0.3 is 9.84 Å². The van der Waals surface area contributed by atoms with Crippen molar-refractivity contribution in [3.05, 3.63) is 17.6 Å². The number of rotatable bonds is 2. The van der Waals surface area contributed by atoms with Gasteiger partial charge in [-0.3, -0.25) is 0 Å². The van der Waals surface area contributed by atoms with Gasteiger partial charge in [-0.2, -0.15) is 0 Å². The minimum atomic E-state index is 0.101. The normalized spacial score (nSPS) is 25.7. The van der Waals surface area contributed by atoms with E-state index in [4.69, 9.17) is 9.84 Å². The Kier molecular flexibility index (Phi) is 2.61. The number of methoxy groups -OCH3 is 1. The second-order valence-electron chi connectivity index (χ2n) is 3.78. The van der Waals surface area contributed by atoms with E-state index in [1.165, 1.54) is 5.57 Å². The van der Waals surface area contributed by atoms with E-state index in [1.54, 1.807) is 13.4 Å². The molecule has 0 heterocycles. The SMILES string of the molecule is COC=C=C1CC(CO)C1(C)C. The maximum Gasteiger partial charge on any atom is 0.125 e. The van der Waals surface area contributed by atoms with E-state index >= 15 is 0 Å². The van der Waals surface area contributed by atoms with Gasteiger partial charge in [0.25, 0.3) is 0 Å². The fourth-order valence-electron chi connectivity index (χ4n) is 1.55. The van der Waals surface area contributed by atoms with E-state index in [0.29, 0.717) is 5.92 Å². The largest absolute Gasteiger partial charge is 0.496 e. The van der Waals surface area contributed by atoms with Gasteiger partial charge in [-0.25, -0.2) is 0 Å². The molecule has 1 unspecified atom stereocenters. The Balaban J connectivity index is 2.71. The van der Waals surface area contributed by atoms with Crippen LogP contribution >= 0.6 is 0 Å². The summed E-state index contributed by atoms with van der Waals surface area (Å²) in [5.41, 5.74) is 4.42. The van der Waals surface area contributed by atoms with Gasteiger partial charge >= 0.3 is 0 Å². The number of hydrogen-bond donors (Lipinski definition) is 1. The van der Waals surface area contributed by atoms with Crippen molar-refractivity contribution in [3.8, 4) is 0 Å². The van der Waals surface area contributed by atoms with Crippen LogP contribution in [0.5, 0.6) is 0 Å². The van der Waals surface area contributed by atoms with Crippen molar-refractivity contribution < 1.29 is 9.84 Å². The molecule has 1 atom stereocenters. The predicted molar refractivity (Wildman–Crippen MR) is 47.6 cm³/mol. The average molecular weight is 168 g/mol. The first-order valence-corrected chi connectivity index (χ1v) is 4.21. The number of ether oxygens (including phenoxy) is 1. The zero-order chi connectivity index (χ0) is 9.19. The molecular weight excluding hydrogens is 152 g/mol. The third-order valence-corrected chi connectivity index (χ3v) is 2.82. The van der Waals surface area contributed by atoms with Gasteiger partial charge in [0.05, 0.1) is 7.11 Å². The smallest absolute Gasteiger partial charge is 0.125 e. The van der Waals surface area contributed by atoms with E-state index in [1.807, 2.05) is 0 Å². The molecule has 1 N–H and O–H groups in total. The molecule has 0 aromatic heterocycles. The van der Waals surface area contributed by atoms with Crippen molar-refractivity contribution in [2.75, 3.05) is 13.7 Å². The highest BCUT2D eigenvalue weighted by atomic mass is 16.5. The number of aliphatic hydroxyl groups is 1. The number of hydrogen-bond acceptors (Lipinski definition) is 2. The van der Waals surface area contributed by atoms with Crippen LogP contribution < -0.4 is 0 Å². The molecule has 1 fully saturated rings. The van der Waals surface area contributed by atoms with Crippen LogP contribution in [0.25, 0.3) is 0 Å². The van der Waals surface area contributed by atoms with Crippen molar-refractivity contribution in [2.24, 2.45) is 11.3 Å². The van der Waals surface area contributed by atoms with Gasteiger partial charge in [-0.1, -0.05) is 19.6 Å². The first kappa shape index (κ1) is 9.37. The summed E-state index contributed by atoms with van der Waals surface area (Å²) in [6.45, 7) is 4.53. The van der Waals surface area contributed by atoms with Gasteiger partial charge in [0.2, 0.25) is 0 Å². The average Bonchev–Trinajstić information content (AvgIpc) is 2.03. The fraction of sp³-hybridized carbons (Fsp3) is 0.700. The minimum Gasteiger partial charge on any atom is -0.496 e. The Labute approximate surface area is 73.5 Å². The number of aliphatic hydroxyl groups excluding tert-OH is 1. The lowest BCUT2D eigenvalue weighted by molar-refractivity contribution is 0.0850. The summed E-state index contributed by atoms with van der Waals surface area (Å²) in [6.07, 6.45) is 2.52. The molecular formula is C10H16O2. The first-order chi connectivity index (χ1) is 5.62. The van der Waals surface area contributed by atoms with Crippen LogP contribution in [-0.2, 0) is 4.74 Å². The lowest BCUT2D eigenvalue weighted by Crippen LogP contribution is -2.39. The van der Waals surface area contributed by atoms with Gasteiger partial charge in [-0.05, 0) is 23.3 Å². The van der Waals surface area contributed by atoms with E-state index in [0.717, 1.165) is 6.42 Å². The summed E-state index contributed by atoms with van der Waals surface area (Å²) < 4.78 is 4.79. The monoisotopic (exact) mass is 168 g/mol. The molecule has 2 heteroatoms. The van der Waals surface area contributed by atoms with E-state index in [9.17, 15) is 0 Å². The van der Waals surface area contributed by atoms with Gasteiger partial charge in [0, 0.05) is 6.61 Å². The Hall–Kier alpha value is -0.720. The molecule has 0 aliphatic heterocycles. The molecule has 68 valence electrons. The van der Waals surface area contributed by atoms with Crippen LogP contribution in [0.3, 0.4) is 0 Å². The van der Waals surface area contributed by atoms with Crippen LogP contribution in [0, 0.1) is 11.3 Å². The van der Waals surface area contributed by atoms with Crippen LogP contribution in [0.15, 0.2) is 17.6 Å². The van der Waals surface area contributed by atoms with Gasteiger partial charge in [0.15, 0.2) is 0 Å². The van der Waals surface area contributed by atoms with E-state index in [2.05, 4.69) is 19.6 Å². The summed E-state index contributed by atoms with van der Waals surface area (Å²) in [5.74, 6) is 0.394. The Morgan fingerprint density at radius 2 is 2.42 bits per heavy atom. The van der Waals surface area contributed by atoms with Crippen LogP contribution in [0.4, 0.5) is 0 Å². The lowest BCUT2D eigenvalue weighted by atomic mass is 9.59. The van der Waals surface area contributed by atoms with Crippen molar-refractivity contribution in [2.45, 2.75) is 20.3 Å². The molecule has 2 nitrogen and oxygen atoms in total. The van der Waals surface area contributed by atoms with Gasteiger partial charge in [-0.15, -0.1) is 0 Å². The van der Waals surface area contributed by atoms with Crippen LogP contribution in [-0.4, -0.2) is 18.8 Å². The van der Waals surface area contributed by atoms with E-state index in [-0.39, 0.29) is 12.0 Å². The fourth-order valence-corrected chi connectivity index (χ4v) is 1.55. The first-order valence-electron chi connectivity index (χ1n) is 4.21. The van der Waals surface area contributed by atoms with Gasteiger partial charge in [0.1, 0.15) is 6.26 Å². The molecule has 1 aliphatic carbocycles. The van der Waals surface area contributed by atoms with Crippen LogP contribution in [0.1, 0.15) is 20.3 Å². The van der Waals surface area contributed by atoms with Crippen LogP contribution in [0.2, 0.25) is 0 Å². The lowest BCUT2D eigenvalue weighted by Gasteiger charge is -2.45. The second-order valence-corrected chi connectivity index (χ2v) is 3.78. The molecule has 0 spiro atoms. The molecule has 1 saturated carbocycles.